The van der Waals surface area contributed by atoms with Gasteiger partial charge in [0.05, 0.1) is 5.52 Å². The third-order valence-corrected chi connectivity index (χ3v) is 6.23. The van der Waals surface area contributed by atoms with Gasteiger partial charge in [-0.25, -0.2) is 15.0 Å². The van der Waals surface area contributed by atoms with E-state index in [1.165, 1.54) is 31.1 Å². The maximum atomic E-state index is 5.07. The van der Waals surface area contributed by atoms with Crippen LogP contribution < -0.4 is 10.3 Å². The van der Waals surface area contributed by atoms with Gasteiger partial charge in [-0.05, 0) is 56.1 Å². The number of nitrogens with one attached hydrogen (secondary N) is 1. The average Bonchev–Trinajstić information content (AvgIpc) is 3.07. The zero-order valence-corrected chi connectivity index (χ0v) is 16.3. The Morgan fingerprint density at radius 3 is 2.54 bits per heavy atom. The SMILES string of the molecule is c1ccc2c(N3CC4CCC(CC4)C3)nc(CCCNn3ccnc3)nc2c1. The molecular weight excluding hydrogens is 348 g/mol. The van der Waals surface area contributed by atoms with Gasteiger partial charge in [-0.2, -0.15) is 0 Å². The van der Waals surface area contributed by atoms with E-state index in [4.69, 9.17) is 9.97 Å². The van der Waals surface area contributed by atoms with E-state index in [-0.39, 0.29) is 0 Å². The van der Waals surface area contributed by atoms with Gasteiger partial charge in [0.1, 0.15) is 18.0 Å². The van der Waals surface area contributed by atoms with Crippen molar-refractivity contribution in [2.24, 2.45) is 11.8 Å². The van der Waals surface area contributed by atoms with Crippen molar-refractivity contribution in [2.45, 2.75) is 38.5 Å². The van der Waals surface area contributed by atoms with Crippen molar-refractivity contribution >= 4 is 16.7 Å². The Bertz CT molecular complexity index is 900. The Morgan fingerprint density at radius 2 is 1.79 bits per heavy atom. The highest BCUT2D eigenvalue weighted by Gasteiger charge is 2.30. The Kier molecular flexibility index (Phi) is 4.85. The lowest BCUT2D eigenvalue weighted by Gasteiger charge is -2.25. The van der Waals surface area contributed by atoms with Gasteiger partial charge >= 0.3 is 0 Å². The molecule has 1 saturated carbocycles. The second-order valence-electron chi connectivity index (χ2n) is 8.25. The maximum Gasteiger partial charge on any atom is 0.140 e. The number of para-hydroxylation sites is 1. The highest BCUT2D eigenvalue weighted by atomic mass is 15.4. The number of hydrogen-bond donors (Lipinski definition) is 1. The fourth-order valence-electron chi connectivity index (χ4n) is 4.73. The van der Waals surface area contributed by atoms with Crippen molar-refractivity contribution in [1.29, 1.82) is 0 Å². The summed E-state index contributed by atoms with van der Waals surface area (Å²) in [5, 5.41) is 1.20. The Labute approximate surface area is 166 Å². The summed E-state index contributed by atoms with van der Waals surface area (Å²) in [4.78, 5) is 16.5. The van der Waals surface area contributed by atoms with Crippen molar-refractivity contribution in [1.82, 2.24) is 19.6 Å². The van der Waals surface area contributed by atoms with Crippen molar-refractivity contribution in [3.63, 3.8) is 0 Å². The van der Waals surface area contributed by atoms with Crippen LogP contribution in [-0.4, -0.2) is 39.3 Å². The number of aromatic nitrogens is 4. The molecule has 3 fully saturated rings. The van der Waals surface area contributed by atoms with Crippen LogP contribution in [0.2, 0.25) is 0 Å². The van der Waals surface area contributed by atoms with Crippen LogP contribution in [0.3, 0.4) is 0 Å². The minimum absolute atomic E-state index is 0.829. The quantitative estimate of drug-likeness (QED) is 0.666. The molecule has 6 rings (SSSR count). The van der Waals surface area contributed by atoms with Gasteiger partial charge in [0.25, 0.3) is 0 Å². The van der Waals surface area contributed by atoms with E-state index < -0.39 is 0 Å². The zero-order valence-electron chi connectivity index (χ0n) is 16.3. The molecule has 1 aromatic carbocycles. The topological polar surface area (TPSA) is 58.9 Å². The molecule has 0 amide bonds. The van der Waals surface area contributed by atoms with E-state index in [0.717, 1.165) is 61.5 Å². The summed E-state index contributed by atoms with van der Waals surface area (Å²) in [7, 11) is 0. The molecule has 1 aliphatic carbocycles. The molecule has 3 aliphatic rings. The molecule has 2 aliphatic heterocycles. The van der Waals surface area contributed by atoms with Crippen LogP contribution in [0.25, 0.3) is 10.9 Å². The molecule has 0 radical (unpaired) electrons. The van der Waals surface area contributed by atoms with Crippen LogP contribution in [0.4, 0.5) is 5.82 Å². The van der Waals surface area contributed by atoms with Crippen LogP contribution in [-0.2, 0) is 6.42 Å². The van der Waals surface area contributed by atoms with Gasteiger partial charge in [-0.15, -0.1) is 0 Å². The number of aryl methyl sites for hydroxylation is 1. The van der Waals surface area contributed by atoms with E-state index >= 15 is 0 Å². The molecule has 2 bridgehead atoms. The number of anilines is 1. The Hall–Kier alpha value is -2.63. The fraction of sp³-hybridized carbons (Fsp3) is 0.500. The van der Waals surface area contributed by atoms with Crippen molar-refractivity contribution < 1.29 is 0 Å². The number of imidazole rings is 1. The lowest BCUT2D eigenvalue weighted by atomic mass is 9.84. The van der Waals surface area contributed by atoms with E-state index in [9.17, 15) is 0 Å². The smallest absolute Gasteiger partial charge is 0.140 e. The van der Waals surface area contributed by atoms with E-state index in [1.54, 1.807) is 12.5 Å². The van der Waals surface area contributed by atoms with Gasteiger partial charge in [0, 0.05) is 43.8 Å². The summed E-state index contributed by atoms with van der Waals surface area (Å²) in [5.41, 5.74) is 4.40. The molecule has 3 aromatic rings. The van der Waals surface area contributed by atoms with E-state index in [0.29, 0.717) is 0 Å². The monoisotopic (exact) mass is 376 g/mol. The Morgan fingerprint density at radius 1 is 1.00 bits per heavy atom. The molecule has 6 heteroatoms. The number of benzene rings is 1. The fourth-order valence-corrected chi connectivity index (χ4v) is 4.73. The molecule has 6 nitrogen and oxygen atoms in total. The Balaban J connectivity index is 1.36. The maximum absolute atomic E-state index is 5.07. The highest BCUT2D eigenvalue weighted by molar-refractivity contribution is 5.89. The summed E-state index contributed by atoms with van der Waals surface area (Å²) in [5.74, 6) is 3.77. The van der Waals surface area contributed by atoms with Crippen LogP contribution >= 0.6 is 0 Å². The average molecular weight is 377 g/mol. The summed E-state index contributed by atoms with van der Waals surface area (Å²) < 4.78 is 1.89. The summed E-state index contributed by atoms with van der Waals surface area (Å²) in [6, 6.07) is 8.49. The van der Waals surface area contributed by atoms with E-state index in [2.05, 4.69) is 39.6 Å². The number of hydrogen-bond acceptors (Lipinski definition) is 5. The molecular formula is C22H28N6. The first-order chi connectivity index (χ1) is 13.8. The van der Waals surface area contributed by atoms with Crippen molar-refractivity contribution in [2.75, 3.05) is 30.0 Å². The van der Waals surface area contributed by atoms with Crippen molar-refractivity contribution in [3.05, 3.63) is 48.8 Å². The summed E-state index contributed by atoms with van der Waals surface area (Å²) in [6.07, 6.45) is 12.9. The first-order valence-corrected chi connectivity index (χ1v) is 10.6. The lowest BCUT2D eigenvalue weighted by molar-refractivity contribution is 0.326. The third-order valence-electron chi connectivity index (χ3n) is 6.23. The molecule has 28 heavy (non-hydrogen) atoms. The highest BCUT2D eigenvalue weighted by Crippen LogP contribution is 2.37. The second kappa shape index (κ2) is 7.78. The van der Waals surface area contributed by atoms with Gasteiger partial charge in [0.15, 0.2) is 0 Å². The third kappa shape index (κ3) is 3.68. The van der Waals surface area contributed by atoms with Crippen LogP contribution in [0.5, 0.6) is 0 Å². The molecule has 2 saturated heterocycles. The van der Waals surface area contributed by atoms with Crippen LogP contribution in [0.1, 0.15) is 37.9 Å². The number of fused-ring (bicyclic) bond motifs is 5. The first kappa shape index (κ1) is 17.5. The zero-order chi connectivity index (χ0) is 18.8. The van der Waals surface area contributed by atoms with Crippen LogP contribution in [0, 0.1) is 11.8 Å². The molecule has 0 atom stereocenters. The summed E-state index contributed by atoms with van der Waals surface area (Å²) >= 11 is 0. The lowest BCUT2D eigenvalue weighted by Crippen LogP contribution is -2.29. The molecule has 0 unspecified atom stereocenters. The number of rotatable bonds is 6. The van der Waals surface area contributed by atoms with Gasteiger partial charge < -0.3 is 10.3 Å². The van der Waals surface area contributed by atoms with Gasteiger partial charge in [-0.1, -0.05) is 12.1 Å². The molecule has 4 heterocycles. The van der Waals surface area contributed by atoms with E-state index in [1.807, 2.05) is 10.9 Å². The number of nitrogens with zero attached hydrogens (tertiary/aromatic N) is 5. The molecule has 1 N–H and O–H groups in total. The molecule has 2 aromatic heterocycles. The van der Waals surface area contributed by atoms with Crippen LogP contribution in [0.15, 0.2) is 43.0 Å². The van der Waals surface area contributed by atoms with Gasteiger partial charge in [-0.3, -0.25) is 4.68 Å². The first-order valence-electron chi connectivity index (χ1n) is 10.6. The van der Waals surface area contributed by atoms with Gasteiger partial charge in [0.2, 0.25) is 0 Å². The molecule has 0 spiro atoms. The molecule has 146 valence electrons. The van der Waals surface area contributed by atoms with Crippen molar-refractivity contribution in [3.8, 4) is 0 Å². The standard InChI is InChI=1S/C22H28N6/c1-2-5-20-19(4-1)22(27-14-17-7-8-18(15-27)10-9-17)26-21(25-20)6-3-11-24-28-13-12-23-16-28/h1-2,4-5,12-13,16-18,24H,3,6-11,14-15H2. The largest absolute Gasteiger partial charge is 0.355 e. The minimum Gasteiger partial charge on any atom is -0.355 e. The predicted molar refractivity (Wildman–Crippen MR) is 112 cm³/mol. The minimum atomic E-state index is 0.829. The normalized spacial score (nSPS) is 21.8. The summed E-state index contributed by atoms with van der Waals surface area (Å²) in [6.45, 7) is 3.17. The second-order valence-corrected chi connectivity index (χ2v) is 8.25. The predicted octanol–water partition coefficient (Wildman–Crippen LogP) is 3.63.